The molecule has 1 aromatic rings. The smallest absolute Gasteiger partial charge is 0.123 e. The monoisotopic (exact) mass is 251 g/mol. The summed E-state index contributed by atoms with van der Waals surface area (Å²) in [6.07, 6.45) is 4.26. The van der Waals surface area contributed by atoms with Gasteiger partial charge in [-0.1, -0.05) is 19.1 Å². The van der Waals surface area contributed by atoms with Crippen molar-refractivity contribution in [3.8, 4) is 0 Å². The minimum atomic E-state index is -0.185. The molecule has 0 bridgehead atoms. The van der Waals surface area contributed by atoms with Crippen LogP contribution < -0.4 is 5.32 Å². The predicted octanol–water partition coefficient (Wildman–Crippen LogP) is 3.03. The van der Waals surface area contributed by atoms with Gasteiger partial charge in [0.2, 0.25) is 0 Å². The molecule has 2 unspecified atom stereocenters. The lowest BCUT2D eigenvalue weighted by Gasteiger charge is -2.25. The maximum Gasteiger partial charge on any atom is 0.123 e. The first-order valence-corrected chi connectivity index (χ1v) is 6.87. The van der Waals surface area contributed by atoms with Gasteiger partial charge >= 0.3 is 0 Å². The van der Waals surface area contributed by atoms with E-state index in [1.807, 2.05) is 12.1 Å². The molecule has 3 heteroatoms. The maximum absolute atomic E-state index is 13.0. The van der Waals surface area contributed by atoms with E-state index in [0.29, 0.717) is 18.0 Å². The third kappa shape index (κ3) is 3.53. The molecule has 1 aromatic carbocycles. The van der Waals surface area contributed by atoms with Crippen molar-refractivity contribution < 1.29 is 9.50 Å². The molecule has 1 saturated carbocycles. The second-order valence-corrected chi connectivity index (χ2v) is 5.15. The van der Waals surface area contributed by atoms with Crippen molar-refractivity contribution in [2.75, 3.05) is 6.61 Å². The fraction of sp³-hybridized carbons (Fsp3) is 0.600. The molecule has 1 aliphatic carbocycles. The van der Waals surface area contributed by atoms with E-state index in [0.717, 1.165) is 18.4 Å². The quantitative estimate of drug-likeness (QED) is 0.780. The van der Waals surface area contributed by atoms with E-state index < -0.39 is 0 Å². The third-order valence-electron chi connectivity index (χ3n) is 3.71. The van der Waals surface area contributed by atoms with Crippen LogP contribution in [0.4, 0.5) is 4.39 Å². The molecule has 0 amide bonds. The molecule has 1 aliphatic rings. The zero-order valence-corrected chi connectivity index (χ0v) is 10.9. The second-order valence-electron chi connectivity index (χ2n) is 5.15. The average Bonchev–Trinajstić information content (AvgIpc) is 3.20. The predicted molar refractivity (Wildman–Crippen MR) is 70.8 cm³/mol. The summed E-state index contributed by atoms with van der Waals surface area (Å²) >= 11 is 0. The normalized spacial score (nSPS) is 18.6. The molecule has 0 radical (unpaired) electrons. The van der Waals surface area contributed by atoms with Crippen LogP contribution >= 0.6 is 0 Å². The van der Waals surface area contributed by atoms with Gasteiger partial charge < -0.3 is 10.4 Å². The van der Waals surface area contributed by atoms with Gasteiger partial charge in [-0.25, -0.2) is 4.39 Å². The molecule has 100 valence electrons. The molecule has 0 heterocycles. The maximum atomic E-state index is 13.0. The Balaban J connectivity index is 2.05. The van der Waals surface area contributed by atoms with Gasteiger partial charge in [0.05, 0.1) is 0 Å². The minimum absolute atomic E-state index is 0.185. The highest BCUT2D eigenvalue weighted by Crippen LogP contribution is 2.41. The second kappa shape index (κ2) is 6.30. The van der Waals surface area contributed by atoms with Crippen molar-refractivity contribution in [2.24, 2.45) is 5.92 Å². The molecule has 18 heavy (non-hydrogen) atoms. The van der Waals surface area contributed by atoms with Gasteiger partial charge in [0.25, 0.3) is 0 Å². The van der Waals surface area contributed by atoms with Crippen molar-refractivity contribution in [2.45, 2.75) is 44.7 Å². The van der Waals surface area contributed by atoms with E-state index >= 15 is 0 Å². The Morgan fingerprint density at radius 3 is 2.50 bits per heavy atom. The lowest BCUT2D eigenvalue weighted by molar-refractivity contribution is 0.252. The third-order valence-corrected chi connectivity index (χ3v) is 3.71. The van der Waals surface area contributed by atoms with Gasteiger partial charge in [-0.15, -0.1) is 0 Å². The summed E-state index contributed by atoms with van der Waals surface area (Å²) in [5, 5.41) is 12.7. The minimum Gasteiger partial charge on any atom is -0.396 e. The highest BCUT2D eigenvalue weighted by atomic mass is 19.1. The first-order valence-electron chi connectivity index (χ1n) is 6.87. The number of aliphatic hydroxyl groups is 1. The van der Waals surface area contributed by atoms with Gasteiger partial charge in [0, 0.05) is 18.7 Å². The summed E-state index contributed by atoms with van der Waals surface area (Å²) in [4.78, 5) is 0. The summed E-state index contributed by atoms with van der Waals surface area (Å²) in [5.74, 6) is 0.485. The van der Waals surface area contributed by atoms with Gasteiger partial charge in [-0.2, -0.15) is 0 Å². The molecule has 1 fully saturated rings. The van der Waals surface area contributed by atoms with E-state index in [4.69, 9.17) is 5.11 Å². The van der Waals surface area contributed by atoms with Crippen molar-refractivity contribution in [1.82, 2.24) is 5.32 Å². The van der Waals surface area contributed by atoms with Crippen LogP contribution in [0.25, 0.3) is 0 Å². The van der Waals surface area contributed by atoms with E-state index in [-0.39, 0.29) is 12.4 Å². The molecule has 2 atom stereocenters. The standard InChI is InChI=1S/C15H22FNO/c1-2-14(9-10-18)17-15(11-3-4-11)12-5-7-13(16)8-6-12/h5-8,11,14-15,17-18H,2-4,9-10H2,1H3. The van der Waals surface area contributed by atoms with Crippen LogP contribution in [0.15, 0.2) is 24.3 Å². The summed E-state index contributed by atoms with van der Waals surface area (Å²) in [6, 6.07) is 7.44. The lowest BCUT2D eigenvalue weighted by Crippen LogP contribution is -2.34. The summed E-state index contributed by atoms with van der Waals surface area (Å²) < 4.78 is 13.0. The van der Waals surface area contributed by atoms with E-state index in [1.165, 1.54) is 25.0 Å². The van der Waals surface area contributed by atoms with Crippen molar-refractivity contribution >= 4 is 0 Å². The Morgan fingerprint density at radius 2 is 2.00 bits per heavy atom. The Hall–Kier alpha value is -0.930. The molecule has 0 aromatic heterocycles. The highest BCUT2D eigenvalue weighted by molar-refractivity contribution is 5.22. The summed E-state index contributed by atoms with van der Waals surface area (Å²) in [7, 11) is 0. The van der Waals surface area contributed by atoms with Crippen LogP contribution in [0.2, 0.25) is 0 Å². The van der Waals surface area contributed by atoms with E-state index in [9.17, 15) is 4.39 Å². The van der Waals surface area contributed by atoms with Gasteiger partial charge in [0.15, 0.2) is 0 Å². The van der Waals surface area contributed by atoms with Crippen LogP contribution in [-0.4, -0.2) is 17.8 Å². The molecule has 2 rings (SSSR count). The van der Waals surface area contributed by atoms with Crippen LogP contribution in [0.1, 0.15) is 44.2 Å². The lowest BCUT2D eigenvalue weighted by atomic mass is 10.00. The van der Waals surface area contributed by atoms with Crippen LogP contribution in [-0.2, 0) is 0 Å². The van der Waals surface area contributed by atoms with Crippen LogP contribution in [0, 0.1) is 11.7 Å². The molecule has 0 saturated heterocycles. The first-order chi connectivity index (χ1) is 8.74. The summed E-state index contributed by atoms with van der Waals surface area (Å²) in [5.41, 5.74) is 1.16. The first kappa shape index (κ1) is 13.5. The zero-order valence-electron chi connectivity index (χ0n) is 10.9. The molecule has 2 N–H and O–H groups in total. The SMILES string of the molecule is CCC(CCO)NC(c1ccc(F)cc1)C1CC1. The molecule has 0 spiro atoms. The van der Waals surface area contributed by atoms with Crippen LogP contribution in [0.5, 0.6) is 0 Å². The molecule has 2 nitrogen and oxygen atoms in total. The van der Waals surface area contributed by atoms with Gasteiger partial charge in [-0.05, 0) is 49.3 Å². The number of nitrogens with one attached hydrogen (secondary N) is 1. The van der Waals surface area contributed by atoms with Crippen molar-refractivity contribution in [3.05, 3.63) is 35.6 Å². The number of hydrogen-bond acceptors (Lipinski definition) is 2. The average molecular weight is 251 g/mol. The molecular formula is C15H22FNO. The summed E-state index contributed by atoms with van der Waals surface area (Å²) in [6.45, 7) is 2.34. The fourth-order valence-electron chi connectivity index (χ4n) is 2.42. The van der Waals surface area contributed by atoms with E-state index in [2.05, 4.69) is 12.2 Å². The van der Waals surface area contributed by atoms with Gasteiger partial charge in [0.1, 0.15) is 5.82 Å². The highest BCUT2D eigenvalue weighted by Gasteiger charge is 2.33. The Bertz CT molecular complexity index is 361. The Kier molecular flexibility index (Phi) is 4.72. The Morgan fingerprint density at radius 1 is 1.33 bits per heavy atom. The zero-order chi connectivity index (χ0) is 13.0. The largest absolute Gasteiger partial charge is 0.396 e. The van der Waals surface area contributed by atoms with E-state index in [1.54, 1.807) is 0 Å². The number of aliphatic hydroxyl groups excluding tert-OH is 1. The number of hydrogen-bond donors (Lipinski definition) is 2. The van der Waals surface area contributed by atoms with Crippen molar-refractivity contribution in [3.63, 3.8) is 0 Å². The fourth-order valence-corrected chi connectivity index (χ4v) is 2.42. The molecule has 0 aliphatic heterocycles. The topological polar surface area (TPSA) is 32.3 Å². The Labute approximate surface area is 108 Å². The number of benzene rings is 1. The number of halogens is 1. The van der Waals surface area contributed by atoms with Crippen molar-refractivity contribution in [1.29, 1.82) is 0 Å². The molecular weight excluding hydrogens is 229 g/mol. The van der Waals surface area contributed by atoms with Crippen LogP contribution in [0.3, 0.4) is 0 Å². The van der Waals surface area contributed by atoms with Gasteiger partial charge in [-0.3, -0.25) is 0 Å². The number of rotatable bonds is 7.